The van der Waals surface area contributed by atoms with Crippen LogP contribution in [0.15, 0.2) is 43.9 Å². The molecular formula is C13H12Br2N2O2. The maximum absolute atomic E-state index is 11.0. The Balaban J connectivity index is 2.08. The molecule has 1 amide bonds. The highest BCUT2D eigenvalue weighted by Crippen LogP contribution is 2.27. The number of anilines is 1. The van der Waals surface area contributed by atoms with Crippen LogP contribution in [0.4, 0.5) is 5.69 Å². The Morgan fingerprint density at radius 3 is 2.68 bits per heavy atom. The number of nitrogens with two attached hydrogens (primary N) is 1. The van der Waals surface area contributed by atoms with Gasteiger partial charge in [-0.3, -0.25) is 4.79 Å². The van der Waals surface area contributed by atoms with Crippen LogP contribution in [0, 0.1) is 0 Å². The van der Waals surface area contributed by atoms with Crippen LogP contribution in [-0.2, 0) is 17.8 Å². The third-order valence-corrected chi connectivity index (χ3v) is 4.24. The van der Waals surface area contributed by atoms with Gasteiger partial charge in [-0.1, -0.05) is 18.2 Å². The highest BCUT2D eigenvalue weighted by Gasteiger charge is 2.08. The normalized spacial score (nSPS) is 10.4. The van der Waals surface area contributed by atoms with Crippen molar-refractivity contribution in [1.29, 1.82) is 0 Å². The van der Waals surface area contributed by atoms with E-state index < -0.39 is 0 Å². The summed E-state index contributed by atoms with van der Waals surface area (Å²) in [7, 11) is 0. The summed E-state index contributed by atoms with van der Waals surface area (Å²) in [5.74, 6) is 0.436. The Morgan fingerprint density at radius 1 is 1.32 bits per heavy atom. The predicted molar refractivity (Wildman–Crippen MR) is 80.8 cm³/mol. The van der Waals surface area contributed by atoms with Crippen molar-refractivity contribution < 1.29 is 9.21 Å². The number of nitrogens with one attached hydrogen (secondary N) is 1. The fourth-order valence-corrected chi connectivity index (χ4v) is 2.35. The number of rotatable bonds is 5. The van der Waals surface area contributed by atoms with Gasteiger partial charge in [0.15, 0.2) is 4.67 Å². The minimum atomic E-state index is -0.349. The first-order valence-corrected chi connectivity index (χ1v) is 7.18. The van der Waals surface area contributed by atoms with Crippen LogP contribution in [0.1, 0.15) is 11.3 Å². The van der Waals surface area contributed by atoms with E-state index in [0.717, 1.165) is 21.5 Å². The molecule has 1 aromatic carbocycles. The Kier molecular flexibility index (Phi) is 4.66. The van der Waals surface area contributed by atoms with Gasteiger partial charge in [0.2, 0.25) is 5.91 Å². The van der Waals surface area contributed by atoms with Crippen molar-refractivity contribution in [2.24, 2.45) is 5.73 Å². The molecular weight excluding hydrogens is 376 g/mol. The summed E-state index contributed by atoms with van der Waals surface area (Å²) in [5, 5.41) is 3.23. The Bertz CT molecular complexity index is 577. The lowest BCUT2D eigenvalue weighted by molar-refractivity contribution is -0.117. The van der Waals surface area contributed by atoms with Gasteiger partial charge in [0, 0.05) is 5.69 Å². The number of benzene rings is 1. The zero-order chi connectivity index (χ0) is 13.8. The molecule has 2 rings (SSSR count). The number of furan rings is 1. The van der Waals surface area contributed by atoms with Crippen LogP contribution in [0.5, 0.6) is 0 Å². The average molecular weight is 388 g/mol. The van der Waals surface area contributed by atoms with Gasteiger partial charge in [0.05, 0.1) is 17.4 Å². The lowest BCUT2D eigenvalue weighted by Crippen LogP contribution is -2.15. The zero-order valence-corrected chi connectivity index (χ0v) is 13.1. The fraction of sp³-hybridized carbons (Fsp3) is 0.154. The van der Waals surface area contributed by atoms with Gasteiger partial charge in [0.25, 0.3) is 0 Å². The van der Waals surface area contributed by atoms with E-state index in [0.29, 0.717) is 11.2 Å². The second kappa shape index (κ2) is 6.25. The fourth-order valence-electron chi connectivity index (χ4n) is 1.70. The van der Waals surface area contributed by atoms with E-state index in [1.165, 1.54) is 0 Å². The van der Waals surface area contributed by atoms with Gasteiger partial charge in [0.1, 0.15) is 5.76 Å². The molecule has 0 fully saturated rings. The highest BCUT2D eigenvalue weighted by molar-refractivity contribution is 9.13. The maximum Gasteiger partial charge on any atom is 0.221 e. The van der Waals surface area contributed by atoms with Gasteiger partial charge in [-0.25, -0.2) is 0 Å². The van der Waals surface area contributed by atoms with Gasteiger partial charge in [-0.05, 0) is 49.6 Å². The topological polar surface area (TPSA) is 68.3 Å². The summed E-state index contributed by atoms with van der Waals surface area (Å²) in [6.45, 7) is 0.528. The smallest absolute Gasteiger partial charge is 0.221 e. The molecule has 0 atom stereocenters. The van der Waals surface area contributed by atoms with Crippen molar-refractivity contribution in [1.82, 2.24) is 0 Å². The lowest BCUT2D eigenvalue weighted by atomic mass is 10.1. The van der Waals surface area contributed by atoms with Crippen LogP contribution >= 0.6 is 31.9 Å². The first kappa shape index (κ1) is 14.1. The summed E-state index contributed by atoms with van der Waals surface area (Å²) >= 11 is 6.65. The molecule has 0 unspecified atom stereocenters. The van der Waals surface area contributed by atoms with Gasteiger partial charge < -0.3 is 15.5 Å². The largest absolute Gasteiger partial charge is 0.451 e. The van der Waals surface area contributed by atoms with Crippen molar-refractivity contribution in [3.05, 3.63) is 50.8 Å². The quantitative estimate of drug-likeness (QED) is 0.825. The van der Waals surface area contributed by atoms with Crippen molar-refractivity contribution in [3.63, 3.8) is 0 Å². The predicted octanol–water partition coefficient (Wildman–Crippen LogP) is 3.44. The molecule has 3 N–H and O–H groups in total. The van der Waals surface area contributed by atoms with E-state index in [-0.39, 0.29) is 12.3 Å². The average Bonchev–Trinajstić information content (AvgIpc) is 2.67. The Hall–Kier alpha value is -1.27. The van der Waals surface area contributed by atoms with Gasteiger partial charge in [-0.2, -0.15) is 0 Å². The van der Waals surface area contributed by atoms with E-state index in [9.17, 15) is 4.79 Å². The van der Waals surface area contributed by atoms with E-state index in [1.54, 1.807) is 0 Å². The van der Waals surface area contributed by atoms with Crippen molar-refractivity contribution >= 4 is 43.5 Å². The van der Waals surface area contributed by atoms with Crippen LogP contribution in [-0.4, -0.2) is 5.91 Å². The number of carbonyl (C=O) groups excluding carboxylic acids is 1. The summed E-state index contributed by atoms with van der Waals surface area (Å²) in [6, 6.07) is 9.45. The number of carbonyl (C=O) groups is 1. The van der Waals surface area contributed by atoms with Gasteiger partial charge in [-0.15, -0.1) is 0 Å². The molecule has 0 aliphatic heterocycles. The molecule has 6 heteroatoms. The van der Waals surface area contributed by atoms with Crippen LogP contribution in [0.25, 0.3) is 0 Å². The molecule has 0 saturated heterocycles. The third-order valence-electron chi connectivity index (χ3n) is 2.53. The van der Waals surface area contributed by atoms with E-state index in [1.807, 2.05) is 30.3 Å². The Labute approximate surface area is 127 Å². The minimum absolute atomic E-state index is 0.217. The maximum atomic E-state index is 11.0. The number of amides is 1. The zero-order valence-electron chi connectivity index (χ0n) is 9.95. The number of para-hydroxylation sites is 1. The molecule has 1 heterocycles. The molecule has 0 saturated carbocycles. The molecule has 0 bridgehead atoms. The van der Waals surface area contributed by atoms with Crippen molar-refractivity contribution in [3.8, 4) is 0 Å². The van der Waals surface area contributed by atoms with Crippen LogP contribution in [0.2, 0.25) is 0 Å². The summed E-state index contributed by atoms with van der Waals surface area (Å²) in [4.78, 5) is 11.0. The summed E-state index contributed by atoms with van der Waals surface area (Å²) in [6.07, 6.45) is 0.217. The van der Waals surface area contributed by atoms with E-state index in [4.69, 9.17) is 10.2 Å². The highest BCUT2D eigenvalue weighted by atomic mass is 79.9. The second-order valence-corrected chi connectivity index (χ2v) is 5.56. The molecule has 4 nitrogen and oxygen atoms in total. The molecule has 0 radical (unpaired) electrons. The molecule has 100 valence electrons. The number of hydrogen-bond donors (Lipinski definition) is 2. The number of halogens is 2. The number of hydrogen-bond acceptors (Lipinski definition) is 3. The molecule has 0 spiro atoms. The lowest BCUT2D eigenvalue weighted by Gasteiger charge is -2.09. The molecule has 2 aromatic rings. The van der Waals surface area contributed by atoms with E-state index >= 15 is 0 Å². The molecule has 19 heavy (non-hydrogen) atoms. The standard InChI is InChI=1S/C13H12Br2N2O2/c14-10-6-9(19-13(10)15)7-17-11-4-2-1-3-8(11)5-12(16)18/h1-4,6,17H,5,7H2,(H2,16,18). The van der Waals surface area contributed by atoms with Crippen LogP contribution < -0.4 is 11.1 Å². The van der Waals surface area contributed by atoms with Gasteiger partial charge >= 0.3 is 0 Å². The summed E-state index contributed by atoms with van der Waals surface area (Å²) < 4.78 is 7.00. The second-order valence-electron chi connectivity index (χ2n) is 3.99. The van der Waals surface area contributed by atoms with Crippen molar-refractivity contribution in [2.75, 3.05) is 5.32 Å². The number of primary amides is 1. The van der Waals surface area contributed by atoms with Crippen molar-refractivity contribution in [2.45, 2.75) is 13.0 Å². The first-order valence-electron chi connectivity index (χ1n) is 5.60. The molecule has 0 aliphatic rings. The third kappa shape index (κ3) is 3.84. The molecule has 1 aromatic heterocycles. The van der Waals surface area contributed by atoms with Crippen LogP contribution in [0.3, 0.4) is 0 Å². The monoisotopic (exact) mass is 386 g/mol. The summed E-state index contributed by atoms with van der Waals surface area (Å²) in [5.41, 5.74) is 6.98. The molecule has 0 aliphatic carbocycles. The Morgan fingerprint density at radius 2 is 2.05 bits per heavy atom. The first-order chi connectivity index (χ1) is 9.06. The van der Waals surface area contributed by atoms with E-state index in [2.05, 4.69) is 37.2 Å². The minimum Gasteiger partial charge on any atom is -0.451 e. The SMILES string of the molecule is NC(=O)Cc1ccccc1NCc1cc(Br)c(Br)o1.